The molecule has 2 fully saturated rings. The van der Waals surface area contributed by atoms with Crippen LogP contribution in [0.1, 0.15) is 0 Å². The number of rotatable bonds is 1. The van der Waals surface area contributed by atoms with Crippen molar-refractivity contribution in [1.29, 1.82) is 0 Å². The van der Waals surface area contributed by atoms with Gasteiger partial charge in [-0.15, -0.1) is 0 Å². The second-order valence-corrected chi connectivity index (χ2v) is 6.46. The lowest BCUT2D eigenvalue weighted by atomic mass is 10.3. The third-order valence-electron chi connectivity index (χ3n) is 4.53. The average Bonchev–Trinajstić information content (AvgIpc) is 2.56. The predicted octanol–water partition coefficient (Wildman–Crippen LogP) is -3.23. The normalized spacial score (nSPS) is 28.8. The van der Waals surface area contributed by atoms with Crippen LogP contribution in [0.4, 0.5) is 0 Å². The Labute approximate surface area is 147 Å². The highest BCUT2D eigenvalue weighted by Crippen LogP contribution is 1.96. The molecule has 142 valence electrons. The molecule has 0 bridgehead atoms. The molecule has 8 nitrogen and oxygen atoms in total. The van der Waals surface area contributed by atoms with E-state index in [9.17, 15) is 0 Å². The molecule has 1 atom stereocenters. The maximum absolute atomic E-state index is 3.73. The zero-order chi connectivity index (χ0) is 16.7. The fourth-order valence-electron chi connectivity index (χ4n) is 3.10. The van der Waals surface area contributed by atoms with Crippen LogP contribution in [-0.2, 0) is 0 Å². The predicted molar refractivity (Wildman–Crippen MR) is 101 cm³/mol. The van der Waals surface area contributed by atoms with E-state index >= 15 is 0 Å². The monoisotopic (exact) mass is 342 g/mol. The van der Waals surface area contributed by atoms with Gasteiger partial charge in [-0.25, -0.2) is 0 Å². The lowest BCUT2D eigenvalue weighted by molar-refractivity contribution is 0.162. The first-order valence-corrected chi connectivity index (χ1v) is 9.68. The first-order chi connectivity index (χ1) is 12.0. The van der Waals surface area contributed by atoms with Crippen molar-refractivity contribution < 1.29 is 0 Å². The van der Waals surface area contributed by atoms with Gasteiger partial charge in [0.15, 0.2) is 0 Å². The zero-order valence-corrected chi connectivity index (χ0v) is 15.1. The average molecular weight is 343 g/mol. The highest BCUT2D eigenvalue weighted by Gasteiger charge is 2.17. The van der Waals surface area contributed by atoms with Crippen molar-refractivity contribution >= 4 is 0 Å². The minimum Gasteiger partial charge on any atom is -0.314 e. The highest BCUT2D eigenvalue weighted by atomic mass is 15.3. The Morgan fingerprint density at radius 2 is 0.875 bits per heavy atom. The number of hydrogen-bond donors (Lipinski definition) is 7. The Morgan fingerprint density at radius 1 is 0.458 bits per heavy atom. The van der Waals surface area contributed by atoms with Crippen LogP contribution < -0.4 is 37.2 Å². The molecule has 0 spiro atoms. The van der Waals surface area contributed by atoms with Crippen LogP contribution in [-0.4, -0.2) is 109 Å². The molecule has 24 heavy (non-hydrogen) atoms. The van der Waals surface area contributed by atoms with E-state index in [0.717, 1.165) is 98.2 Å². The SMILES string of the molecule is C1CNCCN(C2CNCCNCCNCCN2)CCNCCN1. The summed E-state index contributed by atoms with van der Waals surface area (Å²) in [5, 5.41) is 24.8. The van der Waals surface area contributed by atoms with Crippen molar-refractivity contribution in [2.45, 2.75) is 6.17 Å². The zero-order valence-electron chi connectivity index (χ0n) is 15.1. The summed E-state index contributed by atoms with van der Waals surface area (Å²) in [6.45, 7) is 15.6. The third kappa shape index (κ3) is 9.24. The quantitative estimate of drug-likeness (QED) is 0.268. The minimum absolute atomic E-state index is 0.385. The summed E-state index contributed by atoms with van der Waals surface area (Å²) < 4.78 is 0. The van der Waals surface area contributed by atoms with Crippen molar-refractivity contribution in [3.05, 3.63) is 0 Å². The van der Waals surface area contributed by atoms with Crippen LogP contribution >= 0.6 is 0 Å². The Morgan fingerprint density at radius 3 is 1.42 bits per heavy atom. The van der Waals surface area contributed by atoms with E-state index in [1.54, 1.807) is 0 Å². The summed E-state index contributed by atoms with van der Waals surface area (Å²) in [6.07, 6.45) is 0.385. The van der Waals surface area contributed by atoms with E-state index in [-0.39, 0.29) is 0 Å². The van der Waals surface area contributed by atoms with Crippen molar-refractivity contribution in [2.75, 3.05) is 98.2 Å². The Bertz CT molecular complexity index is 239. The lowest BCUT2D eigenvalue weighted by Gasteiger charge is -2.33. The van der Waals surface area contributed by atoms with Gasteiger partial charge in [0.05, 0.1) is 6.17 Å². The summed E-state index contributed by atoms with van der Waals surface area (Å²) in [5.74, 6) is 0. The summed E-state index contributed by atoms with van der Waals surface area (Å²) in [4.78, 5) is 2.57. The summed E-state index contributed by atoms with van der Waals surface area (Å²) in [6, 6.07) is 0. The van der Waals surface area contributed by atoms with Gasteiger partial charge in [-0.2, -0.15) is 0 Å². The fraction of sp³-hybridized carbons (Fsp3) is 1.00. The first-order valence-electron chi connectivity index (χ1n) is 9.68. The van der Waals surface area contributed by atoms with Crippen LogP contribution in [0.5, 0.6) is 0 Å². The van der Waals surface area contributed by atoms with Gasteiger partial charge in [0.25, 0.3) is 0 Å². The van der Waals surface area contributed by atoms with Gasteiger partial charge < -0.3 is 31.9 Å². The number of hydrogen-bond acceptors (Lipinski definition) is 8. The van der Waals surface area contributed by atoms with E-state index in [4.69, 9.17) is 0 Å². The van der Waals surface area contributed by atoms with Crippen molar-refractivity contribution in [3.8, 4) is 0 Å². The maximum Gasteiger partial charge on any atom is 0.0727 e. The molecule has 0 radical (unpaired) electrons. The third-order valence-corrected chi connectivity index (χ3v) is 4.53. The largest absolute Gasteiger partial charge is 0.314 e. The van der Waals surface area contributed by atoms with E-state index in [1.165, 1.54) is 0 Å². The molecule has 2 saturated heterocycles. The molecular weight excluding hydrogens is 304 g/mol. The molecular formula is C16H38N8. The molecule has 2 aliphatic heterocycles. The molecule has 0 aromatic heterocycles. The van der Waals surface area contributed by atoms with E-state index in [0.29, 0.717) is 6.17 Å². The maximum atomic E-state index is 3.73. The number of nitrogens with zero attached hydrogens (tertiary/aromatic N) is 1. The van der Waals surface area contributed by atoms with Gasteiger partial charge in [0.1, 0.15) is 0 Å². The molecule has 2 heterocycles. The summed E-state index contributed by atoms with van der Waals surface area (Å²) in [5.41, 5.74) is 0. The molecule has 0 aromatic carbocycles. The van der Waals surface area contributed by atoms with E-state index in [1.807, 2.05) is 0 Å². The van der Waals surface area contributed by atoms with Crippen molar-refractivity contribution in [3.63, 3.8) is 0 Å². The van der Waals surface area contributed by atoms with Crippen LogP contribution in [0.25, 0.3) is 0 Å². The molecule has 7 N–H and O–H groups in total. The van der Waals surface area contributed by atoms with E-state index < -0.39 is 0 Å². The van der Waals surface area contributed by atoms with Gasteiger partial charge in [-0.3, -0.25) is 10.2 Å². The van der Waals surface area contributed by atoms with Gasteiger partial charge in [0.2, 0.25) is 0 Å². The molecule has 8 heteroatoms. The topological polar surface area (TPSA) is 87.5 Å². The second kappa shape index (κ2) is 13.9. The molecule has 2 aliphatic rings. The molecule has 0 saturated carbocycles. The molecule has 0 amide bonds. The van der Waals surface area contributed by atoms with Gasteiger partial charge in [-0.1, -0.05) is 0 Å². The minimum atomic E-state index is 0.385. The van der Waals surface area contributed by atoms with Crippen LogP contribution in [0.3, 0.4) is 0 Å². The van der Waals surface area contributed by atoms with E-state index in [2.05, 4.69) is 42.1 Å². The summed E-state index contributed by atoms with van der Waals surface area (Å²) in [7, 11) is 0. The molecule has 0 aromatic rings. The van der Waals surface area contributed by atoms with Gasteiger partial charge in [-0.05, 0) is 0 Å². The Balaban J connectivity index is 1.82. The Hall–Kier alpha value is -0.320. The van der Waals surface area contributed by atoms with Gasteiger partial charge in [0, 0.05) is 98.2 Å². The van der Waals surface area contributed by atoms with Gasteiger partial charge >= 0.3 is 0 Å². The first kappa shape index (κ1) is 20.0. The lowest BCUT2D eigenvalue weighted by Crippen LogP contribution is -2.56. The second-order valence-electron chi connectivity index (χ2n) is 6.46. The van der Waals surface area contributed by atoms with Crippen LogP contribution in [0.2, 0.25) is 0 Å². The number of nitrogens with one attached hydrogen (secondary N) is 7. The van der Waals surface area contributed by atoms with Crippen LogP contribution in [0.15, 0.2) is 0 Å². The molecule has 1 unspecified atom stereocenters. The molecule has 2 rings (SSSR count). The van der Waals surface area contributed by atoms with Crippen molar-refractivity contribution in [1.82, 2.24) is 42.1 Å². The fourth-order valence-corrected chi connectivity index (χ4v) is 3.10. The van der Waals surface area contributed by atoms with Crippen molar-refractivity contribution in [2.24, 2.45) is 0 Å². The van der Waals surface area contributed by atoms with Crippen LogP contribution in [0, 0.1) is 0 Å². The standard InChI is InChI=1S/C16H38N8/c1-2-19-9-10-23-16(15-22-8-7-18-1)24-13-11-20-5-3-17-4-6-21-12-14-24/h16-23H,1-15H2. The molecule has 0 aliphatic carbocycles. The summed E-state index contributed by atoms with van der Waals surface area (Å²) >= 11 is 0. The Kier molecular flexibility index (Phi) is 11.6. The smallest absolute Gasteiger partial charge is 0.0727 e. The highest BCUT2D eigenvalue weighted by molar-refractivity contribution is 4.76.